The number of alkyl halides is 5. The molecule has 2 heterocycles. The lowest BCUT2D eigenvalue weighted by molar-refractivity contribution is -0.141. The van der Waals surface area contributed by atoms with Crippen molar-refractivity contribution in [1.82, 2.24) is 19.9 Å². The molecule has 0 bridgehead atoms. The lowest BCUT2D eigenvalue weighted by atomic mass is 9.92. The molecule has 3 N–H and O–H groups in total. The maximum atomic E-state index is 14.7. The second kappa shape index (κ2) is 8.61. The summed E-state index contributed by atoms with van der Waals surface area (Å²) in [5.41, 5.74) is -1.46. The number of hydrogen-bond donors (Lipinski definition) is 3. The van der Waals surface area contributed by atoms with E-state index in [-0.39, 0.29) is 35.0 Å². The Kier molecular flexibility index (Phi) is 5.85. The summed E-state index contributed by atoms with van der Waals surface area (Å²) in [5, 5.41) is 15.6. The quantitative estimate of drug-likeness (QED) is 0.456. The first-order valence-corrected chi connectivity index (χ1v) is 11.3. The Labute approximate surface area is 196 Å². The molecule has 0 aliphatic heterocycles. The van der Waals surface area contributed by atoms with Crippen LogP contribution in [0.1, 0.15) is 50.0 Å². The van der Waals surface area contributed by atoms with Gasteiger partial charge in [-0.05, 0) is 56.1 Å². The number of rotatable bonds is 7. The van der Waals surface area contributed by atoms with E-state index in [0.717, 1.165) is 37.9 Å². The van der Waals surface area contributed by atoms with E-state index in [0.29, 0.717) is 11.8 Å². The lowest BCUT2D eigenvalue weighted by Crippen LogP contribution is -2.37. The highest BCUT2D eigenvalue weighted by atomic mass is 19.4. The van der Waals surface area contributed by atoms with Crippen LogP contribution in [0.25, 0.3) is 5.57 Å². The molecule has 0 amide bonds. The number of hydrogen-bond acceptors (Lipinski definition) is 7. The van der Waals surface area contributed by atoms with E-state index in [1.807, 2.05) is 0 Å². The predicted molar refractivity (Wildman–Crippen MR) is 113 cm³/mol. The van der Waals surface area contributed by atoms with Crippen molar-refractivity contribution in [3.63, 3.8) is 0 Å². The minimum absolute atomic E-state index is 0.0268. The van der Waals surface area contributed by atoms with Crippen molar-refractivity contribution in [2.24, 2.45) is 11.8 Å². The van der Waals surface area contributed by atoms with Gasteiger partial charge >= 0.3 is 6.18 Å². The fourth-order valence-electron chi connectivity index (χ4n) is 4.22. The van der Waals surface area contributed by atoms with Gasteiger partial charge in [0.1, 0.15) is 11.5 Å². The third kappa shape index (κ3) is 5.19. The van der Waals surface area contributed by atoms with Gasteiger partial charge in [0.25, 0.3) is 5.92 Å². The van der Waals surface area contributed by atoms with Crippen LogP contribution in [0.2, 0.25) is 0 Å². The van der Waals surface area contributed by atoms with Gasteiger partial charge in [-0.1, -0.05) is 0 Å². The van der Waals surface area contributed by atoms with Crippen molar-refractivity contribution in [1.29, 1.82) is 0 Å². The molecular formula is C22H22F6N6O. The van der Waals surface area contributed by atoms with Gasteiger partial charge in [0.2, 0.25) is 11.9 Å². The highest BCUT2D eigenvalue weighted by Gasteiger charge is 2.46. The van der Waals surface area contributed by atoms with E-state index >= 15 is 0 Å². The zero-order valence-corrected chi connectivity index (χ0v) is 18.3. The number of nitrogens with zero attached hydrogens (tertiary/aromatic N) is 4. The summed E-state index contributed by atoms with van der Waals surface area (Å²) < 4.78 is 81.4. The maximum Gasteiger partial charge on any atom is 0.433 e. The van der Waals surface area contributed by atoms with Crippen LogP contribution >= 0.6 is 0 Å². The number of nitrogens with one attached hydrogen (secondary N) is 2. The number of pyridine rings is 1. The van der Waals surface area contributed by atoms with Crippen LogP contribution in [0, 0.1) is 11.8 Å². The van der Waals surface area contributed by atoms with Crippen LogP contribution in [0.3, 0.4) is 0 Å². The van der Waals surface area contributed by atoms with Gasteiger partial charge in [-0.2, -0.15) is 28.1 Å². The molecular weight excluding hydrogens is 478 g/mol. The average molecular weight is 500 g/mol. The van der Waals surface area contributed by atoms with E-state index < -0.39 is 42.6 Å². The van der Waals surface area contributed by atoms with Crippen molar-refractivity contribution in [3.05, 3.63) is 35.7 Å². The maximum absolute atomic E-state index is 14.7. The number of aliphatic hydroxyl groups excluding tert-OH is 1. The fraction of sp³-hybridized carbons (Fsp3) is 0.545. The molecule has 13 heteroatoms. The number of allylic oxidation sites excluding steroid dienone is 1. The molecule has 1 atom stereocenters. The lowest BCUT2D eigenvalue weighted by Gasteiger charge is -2.28. The zero-order chi connectivity index (χ0) is 25.0. The highest BCUT2D eigenvalue weighted by molar-refractivity contribution is 5.67. The molecule has 2 saturated carbocycles. The van der Waals surface area contributed by atoms with Crippen LogP contribution in [0.15, 0.2) is 24.2 Å². The van der Waals surface area contributed by atoms with Crippen molar-refractivity contribution >= 4 is 23.2 Å². The molecule has 7 nitrogen and oxygen atoms in total. The van der Waals surface area contributed by atoms with Crippen molar-refractivity contribution in [2.45, 2.75) is 62.8 Å². The fourth-order valence-corrected chi connectivity index (χ4v) is 4.22. The molecule has 2 fully saturated rings. The molecule has 3 aliphatic rings. The van der Waals surface area contributed by atoms with Crippen molar-refractivity contribution in [2.75, 3.05) is 10.6 Å². The Hall–Kier alpha value is -2.96. The van der Waals surface area contributed by atoms with Gasteiger partial charge in [0, 0.05) is 29.9 Å². The molecule has 2 aromatic rings. The number of anilines is 3. The first kappa shape index (κ1) is 23.8. The Balaban J connectivity index is 1.51. The van der Waals surface area contributed by atoms with Crippen molar-refractivity contribution in [3.8, 4) is 0 Å². The molecule has 188 valence electrons. The minimum atomic E-state index is -4.67. The Morgan fingerprint density at radius 2 is 1.69 bits per heavy atom. The van der Waals surface area contributed by atoms with Crippen LogP contribution in [-0.4, -0.2) is 43.1 Å². The summed E-state index contributed by atoms with van der Waals surface area (Å²) in [7, 11) is 0. The van der Waals surface area contributed by atoms with E-state index in [9.17, 15) is 31.4 Å². The zero-order valence-electron chi connectivity index (χ0n) is 18.3. The Bertz CT molecular complexity index is 1140. The van der Waals surface area contributed by atoms with Gasteiger partial charge in [-0.25, -0.2) is 13.2 Å². The van der Waals surface area contributed by atoms with E-state index in [2.05, 4.69) is 30.6 Å². The Morgan fingerprint density at radius 3 is 2.31 bits per heavy atom. The van der Waals surface area contributed by atoms with Gasteiger partial charge in [-0.3, -0.25) is 4.98 Å². The first-order valence-electron chi connectivity index (χ1n) is 11.3. The van der Waals surface area contributed by atoms with Crippen LogP contribution < -0.4 is 10.6 Å². The molecule has 1 unspecified atom stereocenters. The van der Waals surface area contributed by atoms with Crippen LogP contribution in [0.4, 0.5) is 43.9 Å². The van der Waals surface area contributed by atoms with E-state index in [4.69, 9.17) is 0 Å². The summed E-state index contributed by atoms with van der Waals surface area (Å²) in [6.07, 6.45) is -3.42. The van der Waals surface area contributed by atoms with Gasteiger partial charge < -0.3 is 15.7 Å². The molecule has 35 heavy (non-hydrogen) atoms. The van der Waals surface area contributed by atoms with Gasteiger partial charge in [-0.15, -0.1) is 0 Å². The van der Waals surface area contributed by atoms with Gasteiger partial charge in [0.05, 0.1) is 0 Å². The second-order valence-corrected chi connectivity index (χ2v) is 9.19. The summed E-state index contributed by atoms with van der Waals surface area (Å²) in [5.74, 6) is -4.62. The van der Waals surface area contributed by atoms with Gasteiger partial charge in [0.15, 0.2) is 11.9 Å². The standard InChI is InChI=1S/C22H22F6N6O/c23-15-13(5-7-21(24,25)17(15)35)18-32-19(30-12-6-8-29-14(9-12)22(26,27)28)34-20(33-18)31-16(10-1-2-10)11-3-4-11/h6,8-11,16-17,35H,1-5,7H2,(H2,29,30,31,32,33,34). The van der Waals surface area contributed by atoms with E-state index in [1.165, 1.54) is 6.07 Å². The van der Waals surface area contributed by atoms with Crippen molar-refractivity contribution < 1.29 is 31.4 Å². The summed E-state index contributed by atoms with van der Waals surface area (Å²) in [6.45, 7) is 0. The molecule has 0 saturated heterocycles. The summed E-state index contributed by atoms with van der Waals surface area (Å²) >= 11 is 0. The largest absolute Gasteiger partial charge is 0.433 e. The van der Waals surface area contributed by atoms with Crippen LogP contribution in [-0.2, 0) is 6.18 Å². The third-order valence-electron chi connectivity index (χ3n) is 6.40. The average Bonchev–Trinajstić information content (AvgIpc) is 3.69. The number of aromatic nitrogens is 4. The smallest absolute Gasteiger partial charge is 0.380 e. The number of halogens is 6. The van der Waals surface area contributed by atoms with Crippen LogP contribution in [0.5, 0.6) is 0 Å². The highest BCUT2D eigenvalue weighted by Crippen LogP contribution is 2.46. The molecule has 3 aliphatic carbocycles. The normalized spacial score (nSPS) is 22.5. The van der Waals surface area contributed by atoms with E-state index in [1.54, 1.807) is 0 Å². The topological polar surface area (TPSA) is 95.9 Å². The summed E-state index contributed by atoms with van der Waals surface area (Å²) in [4.78, 5) is 15.8. The monoisotopic (exact) mass is 500 g/mol. The SMILES string of the molecule is OC1C(F)=C(c2nc(Nc3ccnc(C(F)(F)F)c3)nc(NC(C3CC3)C3CC3)n2)CCC1(F)F. The molecule has 5 rings (SSSR count). The molecule has 0 aromatic carbocycles. The second-order valence-electron chi connectivity index (χ2n) is 9.19. The molecule has 2 aromatic heterocycles. The minimum Gasteiger partial charge on any atom is -0.380 e. The number of aliphatic hydroxyl groups is 1. The predicted octanol–water partition coefficient (Wildman–Crippen LogP) is 5.10. The first-order chi connectivity index (χ1) is 16.5. The molecule has 0 spiro atoms. The summed E-state index contributed by atoms with van der Waals surface area (Å²) in [6, 6.07) is 2.11. The third-order valence-corrected chi connectivity index (χ3v) is 6.40. The Morgan fingerprint density at radius 1 is 1.03 bits per heavy atom. The molecule has 0 radical (unpaired) electrons.